The Kier molecular flexibility index (Phi) is 4.74. The van der Waals surface area contributed by atoms with Crippen molar-refractivity contribution in [3.8, 4) is 0 Å². The second-order valence-electron chi connectivity index (χ2n) is 7.64. The van der Waals surface area contributed by atoms with Crippen LogP contribution in [-0.2, 0) is 16.1 Å². The molecule has 1 heterocycles. The summed E-state index contributed by atoms with van der Waals surface area (Å²) in [6, 6.07) is 8.41. The highest BCUT2D eigenvalue weighted by atomic mass is 16.5. The Bertz CT molecular complexity index is 583. The molecule has 130 valence electrons. The Hall–Kier alpha value is -1.55. The van der Waals surface area contributed by atoms with Gasteiger partial charge in [0.25, 0.3) is 0 Å². The fraction of sp³-hybridized carbons (Fsp3) is 0.650. The number of nitrogens with zero attached hydrogens (tertiary/aromatic N) is 1. The van der Waals surface area contributed by atoms with Crippen molar-refractivity contribution in [3.05, 3.63) is 29.8 Å². The van der Waals surface area contributed by atoms with E-state index in [1.807, 2.05) is 0 Å². The summed E-state index contributed by atoms with van der Waals surface area (Å²) in [5.41, 5.74) is 2.45. The molecule has 3 fully saturated rings. The summed E-state index contributed by atoms with van der Waals surface area (Å²) in [6.07, 6.45) is 6.12. The number of anilines is 1. The summed E-state index contributed by atoms with van der Waals surface area (Å²) >= 11 is 0. The van der Waals surface area contributed by atoms with E-state index in [0.717, 1.165) is 44.6 Å². The van der Waals surface area contributed by atoms with Crippen LogP contribution in [0.15, 0.2) is 24.3 Å². The summed E-state index contributed by atoms with van der Waals surface area (Å²) in [7, 11) is 0. The van der Waals surface area contributed by atoms with Gasteiger partial charge in [0.2, 0.25) is 5.91 Å². The lowest BCUT2D eigenvalue weighted by Gasteiger charge is -2.30. The predicted molar refractivity (Wildman–Crippen MR) is 94.9 cm³/mol. The molecule has 4 rings (SSSR count). The molecule has 0 aromatic heterocycles. The van der Waals surface area contributed by atoms with Gasteiger partial charge in [-0.1, -0.05) is 24.6 Å². The second kappa shape index (κ2) is 7.14. The molecule has 0 unspecified atom stereocenters. The lowest BCUT2D eigenvalue weighted by molar-refractivity contribution is -0.122. The smallest absolute Gasteiger partial charge is 0.220 e. The summed E-state index contributed by atoms with van der Waals surface area (Å²) in [4.78, 5) is 14.8. The Morgan fingerprint density at radius 1 is 1.17 bits per heavy atom. The standard InChI is InChI=1S/C20H28N2O2/c23-20(13-18-12-15-5-6-16(18)11-15)21-14-17-3-1-2-4-19(17)22-7-9-24-10-8-22/h1-4,15-16,18H,5-14H2,(H,21,23)/t15-,16-,18+/m0/s1. The molecule has 2 aliphatic carbocycles. The van der Waals surface area contributed by atoms with Crippen LogP contribution in [0.1, 0.15) is 37.7 Å². The maximum Gasteiger partial charge on any atom is 0.220 e. The molecule has 1 aliphatic heterocycles. The van der Waals surface area contributed by atoms with Crippen LogP contribution >= 0.6 is 0 Å². The van der Waals surface area contributed by atoms with Crippen LogP contribution in [0, 0.1) is 17.8 Å². The predicted octanol–water partition coefficient (Wildman–Crippen LogP) is 2.97. The van der Waals surface area contributed by atoms with Gasteiger partial charge < -0.3 is 15.0 Å². The van der Waals surface area contributed by atoms with E-state index in [-0.39, 0.29) is 5.91 Å². The molecule has 0 radical (unpaired) electrons. The Morgan fingerprint density at radius 2 is 2.00 bits per heavy atom. The molecular weight excluding hydrogens is 300 g/mol. The SMILES string of the molecule is O=C(C[C@H]1C[C@H]2CC[C@H]1C2)NCc1ccccc1N1CCOCC1. The maximum atomic E-state index is 12.4. The molecule has 3 aliphatic rings. The van der Waals surface area contributed by atoms with Crippen molar-refractivity contribution in [1.29, 1.82) is 0 Å². The first-order valence-electron chi connectivity index (χ1n) is 9.47. The molecule has 4 heteroatoms. The number of ether oxygens (including phenoxy) is 1. The highest BCUT2D eigenvalue weighted by Gasteiger charge is 2.40. The van der Waals surface area contributed by atoms with E-state index in [0.29, 0.717) is 12.5 Å². The summed E-state index contributed by atoms with van der Waals surface area (Å²) in [6.45, 7) is 4.05. The number of benzene rings is 1. The molecular formula is C20H28N2O2. The normalized spacial score (nSPS) is 29.0. The Balaban J connectivity index is 1.33. The molecule has 2 saturated carbocycles. The van der Waals surface area contributed by atoms with Gasteiger partial charge in [0, 0.05) is 31.7 Å². The van der Waals surface area contributed by atoms with Crippen LogP contribution in [0.4, 0.5) is 5.69 Å². The number of nitrogens with one attached hydrogen (secondary N) is 1. The van der Waals surface area contributed by atoms with Crippen LogP contribution < -0.4 is 10.2 Å². The third-order valence-electron chi connectivity index (χ3n) is 6.15. The number of hydrogen-bond donors (Lipinski definition) is 1. The van der Waals surface area contributed by atoms with Crippen molar-refractivity contribution >= 4 is 11.6 Å². The molecule has 3 atom stereocenters. The molecule has 0 spiro atoms. The van der Waals surface area contributed by atoms with Gasteiger partial charge in [-0.15, -0.1) is 0 Å². The second-order valence-corrected chi connectivity index (χ2v) is 7.64. The minimum atomic E-state index is 0.226. The number of carbonyl (C=O) groups excluding carboxylic acids is 1. The first-order chi connectivity index (χ1) is 11.8. The topological polar surface area (TPSA) is 41.6 Å². The van der Waals surface area contributed by atoms with Crippen molar-refractivity contribution in [1.82, 2.24) is 5.32 Å². The summed E-state index contributed by atoms with van der Waals surface area (Å²) in [5, 5.41) is 3.17. The third kappa shape index (κ3) is 3.44. The number of hydrogen-bond acceptors (Lipinski definition) is 3. The minimum Gasteiger partial charge on any atom is -0.378 e. The number of carbonyl (C=O) groups is 1. The van der Waals surface area contributed by atoms with Crippen LogP contribution in [-0.4, -0.2) is 32.2 Å². The van der Waals surface area contributed by atoms with Crippen LogP contribution in [0.25, 0.3) is 0 Å². The summed E-state index contributed by atoms with van der Waals surface area (Å²) in [5.74, 6) is 2.60. The maximum absolute atomic E-state index is 12.4. The first-order valence-corrected chi connectivity index (χ1v) is 9.47. The van der Waals surface area contributed by atoms with Gasteiger partial charge in [-0.2, -0.15) is 0 Å². The molecule has 1 aromatic rings. The van der Waals surface area contributed by atoms with Gasteiger partial charge in [0.05, 0.1) is 13.2 Å². The van der Waals surface area contributed by atoms with Gasteiger partial charge in [0.15, 0.2) is 0 Å². The first kappa shape index (κ1) is 15.9. The van der Waals surface area contributed by atoms with Crippen LogP contribution in [0.3, 0.4) is 0 Å². The van der Waals surface area contributed by atoms with Gasteiger partial charge in [-0.25, -0.2) is 0 Å². The number of fused-ring (bicyclic) bond motifs is 2. The fourth-order valence-electron chi connectivity index (χ4n) is 4.90. The molecule has 24 heavy (non-hydrogen) atoms. The Morgan fingerprint density at radius 3 is 2.75 bits per heavy atom. The molecule has 4 nitrogen and oxygen atoms in total. The average molecular weight is 328 g/mol. The van der Waals surface area contributed by atoms with Crippen molar-refractivity contribution in [3.63, 3.8) is 0 Å². The monoisotopic (exact) mass is 328 g/mol. The zero-order valence-corrected chi connectivity index (χ0v) is 14.4. The van der Waals surface area contributed by atoms with Crippen molar-refractivity contribution < 1.29 is 9.53 Å². The van der Waals surface area contributed by atoms with Crippen molar-refractivity contribution in [2.75, 3.05) is 31.2 Å². The molecule has 1 saturated heterocycles. The summed E-state index contributed by atoms with van der Waals surface area (Å²) < 4.78 is 5.45. The van der Waals surface area contributed by atoms with Crippen molar-refractivity contribution in [2.45, 2.75) is 38.6 Å². The third-order valence-corrected chi connectivity index (χ3v) is 6.15. The largest absolute Gasteiger partial charge is 0.378 e. The van der Waals surface area contributed by atoms with E-state index < -0.39 is 0 Å². The zero-order valence-electron chi connectivity index (χ0n) is 14.4. The van der Waals surface area contributed by atoms with Gasteiger partial charge in [0.1, 0.15) is 0 Å². The van der Waals surface area contributed by atoms with Gasteiger partial charge in [-0.05, 0) is 48.6 Å². The highest BCUT2D eigenvalue weighted by Crippen LogP contribution is 2.49. The van der Waals surface area contributed by atoms with Crippen molar-refractivity contribution in [2.24, 2.45) is 17.8 Å². The van der Waals surface area contributed by atoms with E-state index in [4.69, 9.17) is 4.74 Å². The lowest BCUT2D eigenvalue weighted by atomic mass is 9.86. The quantitative estimate of drug-likeness (QED) is 0.903. The zero-order chi connectivity index (χ0) is 16.4. The van der Waals surface area contributed by atoms with E-state index in [2.05, 4.69) is 34.5 Å². The fourth-order valence-corrected chi connectivity index (χ4v) is 4.90. The van der Waals surface area contributed by atoms with Crippen LogP contribution in [0.2, 0.25) is 0 Å². The molecule has 1 N–H and O–H groups in total. The minimum absolute atomic E-state index is 0.226. The van der Waals surface area contributed by atoms with Crippen LogP contribution in [0.5, 0.6) is 0 Å². The van der Waals surface area contributed by atoms with Gasteiger partial charge in [-0.3, -0.25) is 4.79 Å². The number of amides is 1. The van der Waals surface area contributed by atoms with E-state index in [1.165, 1.54) is 36.9 Å². The van der Waals surface area contributed by atoms with E-state index in [9.17, 15) is 4.79 Å². The molecule has 2 bridgehead atoms. The Labute approximate surface area is 144 Å². The number of para-hydroxylation sites is 1. The number of morpholine rings is 1. The van der Waals surface area contributed by atoms with E-state index >= 15 is 0 Å². The van der Waals surface area contributed by atoms with Gasteiger partial charge >= 0.3 is 0 Å². The molecule has 1 aromatic carbocycles. The lowest BCUT2D eigenvalue weighted by Crippen LogP contribution is -2.37. The molecule has 1 amide bonds. The highest BCUT2D eigenvalue weighted by molar-refractivity contribution is 5.76. The number of rotatable bonds is 5. The average Bonchev–Trinajstić information content (AvgIpc) is 3.24. The van der Waals surface area contributed by atoms with E-state index in [1.54, 1.807) is 0 Å².